The maximum atomic E-state index is 12.4. The molecule has 1 aromatic carbocycles. The molecule has 0 spiro atoms. The molecule has 2 bridgehead atoms. The highest BCUT2D eigenvalue weighted by Gasteiger charge is 2.40. The Morgan fingerprint density at radius 2 is 2.15 bits per heavy atom. The van der Waals surface area contributed by atoms with Crippen LogP contribution < -0.4 is 14.8 Å². The number of amides is 1. The molecule has 26 heavy (non-hydrogen) atoms. The third-order valence-corrected chi connectivity index (χ3v) is 6.52. The van der Waals surface area contributed by atoms with Crippen LogP contribution in [0.3, 0.4) is 0 Å². The van der Waals surface area contributed by atoms with Gasteiger partial charge in [-0.2, -0.15) is 0 Å². The maximum absolute atomic E-state index is 12.4. The van der Waals surface area contributed by atoms with Crippen molar-refractivity contribution in [1.82, 2.24) is 4.98 Å². The van der Waals surface area contributed by atoms with Gasteiger partial charge in [-0.1, -0.05) is 6.42 Å². The van der Waals surface area contributed by atoms with Crippen LogP contribution in [0.25, 0.3) is 11.3 Å². The van der Waals surface area contributed by atoms with E-state index in [2.05, 4.69) is 10.3 Å². The standard InChI is InChI=1S/C20H24N2O3S/c1-24-15-5-6-18(25-2)16(10-15)17-11-26-20(21-17)22-19(23)9-14-8-12-3-4-13(14)7-12/h5-6,10-14H,3-4,7-9H2,1-2H3,(H,21,22,23)/t12-,13-,14+/m1/s1. The molecule has 2 aliphatic rings. The Balaban J connectivity index is 1.44. The summed E-state index contributed by atoms with van der Waals surface area (Å²) in [6.45, 7) is 0. The van der Waals surface area contributed by atoms with Crippen molar-refractivity contribution < 1.29 is 14.3 Å². The average Bonchev–Trinajstić information content (AvgIpc) is 3.38. The zero-order chi connectivity index (χ0) is 18.1. The number of anilines is 1. The summed E-state index contributed by atoms with van der Waals surface area (Å²) in [6.07, 6.45) is 5.84. The smallest absolute Gasteiger partial charge is 0.226 e. The number of aromatic nitrogens is 1. The number of nitrogens with one attached hydrogen (secondary N) is 1. The molecule has 1 N–H and O–H groups in total. The van der Waals surface area contributed by atoms with Crippen LogP contribution >= 0.6 is 11.3 Å². The number of nitrogens with zero attached hydrogens (tertiary/aromatic N) is 1. The van der Waals surface area contributed by atoms with Crippen molar-refractivity contribution in [1.29, 1.82) is 0 Å². The molecule has 0 unspecified atom stereocenters. The molecular formula is C20H24N2O3S. The first-order valence-corrected chi connectivity index (χ1v) is 10.0. The molecule has 2 saturated carbocycles. The highest BCUT2D eigenvalue weighted by molar-refractivity contribution is 7.14. The van der Waals surface area contributed by atoms with E-state index < -0.39 is 0 Å². The number of hydrogen-bond donors (Lipinski definition) is 1. The molecule has 0 saturated heterocycles. The molecule has 1 aromatic heterocycles. The van der Waals surface area contributed by atoms with E-state index in [0.717, 1.165) is 34.6 Å². The Morgan fingerprint density at radius 3 is 2.85 bits per heavy atom. The number of thiazole rings is 1. The SMILES string of the molecule is COc1ccc(OC)c(-c2csc(NC(=O)C[C@@H]3C[C@@H]4CC[C@@H]3C4)n2)c1. The Hall–Kier alpha value is -2.08. The number of benzene rings is 1. The van der Waals surface area contributed by atoms with Crippen molar-refractivity contribution >= 4 is 22.4 Å². The highest BCUT2D eigenvalue weighted by atomic mass is 32.1. The molecule has 0 radical (unpaired) electrons. The van der Waals surface area contributed by atoms with Gasteiger partial charge in [0, 0.05) is 17.4 Å². The second-order valence-corrected chi connectivity index (χ2v) is 8.15. The fourth-order valence-corrected chi connectivity index (χ4v) is 5.23. The minimum Gasteiger partial charge on any atom is -0.497 e. The molecule has 0 aliphatic heterocycles. The van der Waals surface area contributed by atoms with E-state index >= 15 is 0 Å². The molecule has 138 valence electrons. The molecule has 5 nitrogen and oxygen atoms in total. The van der Waals surface area contributed by atoms with Crippen LogP contribution in [-0.2, 0) is 4.79 Å². The van der Waals surface area contributed by atoms with Gasteiger partial charge < -0.3 is 14.8 Å². The van der Waals surface area contributed by atoms with Gasteiger partial charge in [0.25, 0.3) is 0 Å². The number of hydrogen-bond acceptors (Lipinski definition) is 5. The first-order valence-electron chi connectivity index (χ1n) is 9.14. The van der Waals surface area contributed by atoms with Gasteiger partial charge in [-0.25, -0.2) is 4.98 Å². The van der Waals surface area contributed by atoms with Crippen LogP contribution in [-0.4, -0.2) is 25.1 Å². The lowest BCUT2D eigenvalue weighted by Crippen LogP contribution is -2.20. The molecule has 1 heterocycles. The number of carbonyl (C=O) groups is 1. The minimum atomic E-state index is 0.0843. The van der Waals surface area contributed by atoms with E-state index in [9.17, 15) is 4.79 Å². The van der Waals surface area contributed by atoms with Crippen molar-refractivity contribution in [2.75, 3.05) is 19.5 Å². The van der Waals surface area contributed by atoms with E-state index in [1.807, 2.05) is 23.6 Å². The first-order chi connectivity index (χ1) is 12.7. The van der Waals surface area contributed by atoms with E-state index in [0.29, 0.717) is 17.5 Å². The summed E-state index contributed by atoms with van der Waals surface area (Å²) in [7, 11) is 3.27. The van der Waals surface area contributed by atoms with E-state index in [-0.39, 0.29) is 5.91 Å². The Labute approximate surface area is 157 Å². The number of methoxy groups -OCH3 is 2. The van der Waals surface area contributed by atoms with Crippen molar-refractivity contribution in [2.24, 2.45) is 17.8 Å². The lowest BCUT2D eigenvalue weighted by molar-refractivity contribution is -0.117. The van der Waals surface area contributed by atoms with Gasteiger partial charge in [0.05, 0.1) is 19.9 Å². The predicted molar refractivity (Wildman–Crippen MR) is 103 cm³/mol. The van der Waals surface area contributed by atoms with Crippen molar-refractivity contribution in [3.05, 3.63) is 23.6 Å². The number of fused-ring (bicyclic) bond motifs is 2. The largest absolute Gasteiger partial charge is 0.497 e. The second kappa shape index (κ2) is 7.27. The van der Waals surface area contributed by atoms with Crippen LogP contribution in [0.5, 0.6) is 11.5 Å². The summed E-state index contributed by atoms with van der Waals surface area (Å²) in [4.78, 5) is 17.0. The predicted octanol–water partition coefficient (Wildman–Crippen LogP) is 4.59. The van der Waals surface area contributed by atoms with Gasteiger partial charge >= 0.3 is 0 Å². The lowest BCUT2D eigenvalue weighted by atomic mass is 9.86. The minimum absolute atomic E-state index is 0.0843. The van der Waals surface area contributed by atoms with Gasteiger partial charge in [0.1, 0.15) is 11.5 Å². The van der Waals surface area contributed by atoms with Gasteiger partial charge in [-0.15, -0.1) is 11.3 Å². The third kappa shape index (κ3) is 3.43. The summed E-state index contributed by atoms with van der Waals surface area (Å²) in [5.41, 5.74) is 1.64. The summed E-state index contributed by atoms with van der Waals surface area (Å²) in [5, 5.41) is 5.55. The fraction of sp³-hybridized carbons (Fsp3) is 0.500. The number of rotatable bonds is 6. The lowest BCUT2D eigenvalue weighted by Gasteiger charge is -2.20. The topological polar surface area (TPSA) is 60.5 Å². The van der Waals surface area contributed by atoms with E-state index in [1.165, 1.54) is 37.0 Å². The Kier molecular flexibility index (Phi) is 4.85. The van der Waals surface area contributed by atoms with Crippen molar-refractivity contribution in [2.45, 2.75) is 32.1 Å². The summed E-state index contributed by atoms with van der Waals surface area (Å²) < 4.78 is 10.7. The molecular weight excluding hydrogens is 348 g/mol. The molecule has 3 atom stereocenters. The Bertz CT molecular complexity index is 804. The van der Waals surface area contributed by atoms with Gasteiger partial charge in [0.2, 0.25) is 5.91 Å². The monoisotopic (exact) mass is 372 g/mol. The normalized spacial score (nSPS) is 23.8. The quantitative estimate of drug-likeness (QED) is 0.805. The summed E-state index contributed by atoms with van der Waals surface area (Å²) in [6, 6.07) is 5.61. The Morgan fingerprint density at radius 1 is 1.27 bits per heavy atom. The second-order valence-electron chi connectivity index (χ2n) is 7.29. The van der Waals surface area contributed by atoms with Gasteiger partial charge in [-0.3, -0.25) is 4.79 Å². The van der Waals surface area contributed by atoms with Crippen LogP contribution in [0.15, 0.2) is 23.6 Å². The molecule has 2 aromatic rings. The van der Waals surface area contributed by atoms with E-state index in [1.54, 1.807) is 14.2 Å². The zero-order valence-corrected chi connectivity index (χ0v) is 16.0. The molecule has 6 heteroatoms. The van der Waals surface area contributed by atoms with Gasteiger partial charge in [0.15, 0.2) is 5.13 Å². The zero-order valence-electron chi connectivity index (χ0n) is 15.2. The first kappa shape index (κ1) is 17.3. The molecule has 1 amide bonds. The van der Waals surface area contributed by atoms with Crippen LogP contribution in [0.1, 0.15) is 32.1 Å². The number of ether oxygens (including phenoxy) is 2. The van der Waals surface area contributed by atoms with Crippen molar-refractivity contribution in [3.8, 4) is 22.8 Å². The highest BCUT2D eigenvalue weighted by Crippen LogP contribution is 2.49. The molecule has 4 rings (SSSR count). The van der Waals surface area contributed by atoms with E-state index in [4.69, 9.17) is 9.47 Å². The summed E-state index contributed by atoms with van der Waals surface area (Å²) >= 11 is 1.44. The van der Waals surface area contributed by atoms with Crippen LogP contribution in [0, 0.1) is 17.8 Å². The summed E-state index contributed by atoms with van der Waals surface area (Å²) in [5.74, 6) is 3.75. The van der Waals surface area contributed by atoms with Gasteiger partial charge in [-0.05, 0) is 55.2 Å². The van der Waals surface area contributed by atoms with Crippen LogP contribution in [0.4, 0.5) is 5.13 Å². The molecule has 2 fully saturated rings. The average molecular weight is 372 g/mol. The van der Waals surface area contributed by atoms with Crippen molar-refractivity contribution in [3.63, 3.8) is 0 Å². The molecule has 2 aliphatic carbocycles. The third-order valence-electron chi connectivity index (χ3n) is 5.77. The fourth-order valence-electron chi connectivity index (χ4n) is 4.50. The van der Waals surface area contributed by atoms with Crippen LogP contribution in [0.2, 0.25) is 0 Å². The number of carbonyl (C=O) groups excluding carboxylic acids is 1. The maximum Gasteiger partial charge on any atom is 0.226 e.